The molecule has 97 heavy (non-hydrogen) atoms. The first-order valence-corrected chi connectivity index (χ1v) is 47.8. The molecule has 51 heteroatoms. The zero-order valence-corrected chi connectivity index (χ0v) is 65.1. The second-order valence-corrected chi connectivity index (χ2v) is 43.6. The van der Waals surface area contributed by atoms with Crippen LogP contribution in [0.3, 0.4) is 0 Å². The van der Waals surface area contributed by atoms with E-state index in [9.17, 15) is 0 Å². The van der Waals surface area contributed by atoms with Gasteiger partial charge in [0.05, 0.1) is 46.0 Å². The molecule has 0 spiro atoms. The molecule has 0 aliphatic rings. The minimum atomic E-state index is -7.81. The number of hydrogen-bond donors (Lipinski definition) is 0. The van der Waals surface area contributed by atoms with E-state index in [2.05, 4.69) is 0 Å². The van der Waals surface area contributed by atoms with E-state index in [0.717, 1.165) is 69.2 Å². The van der Waals surface area contributed by atoms with E-state index < -0.39 is 378 Å². The van der Waals surface area contributed by atoms with Crippen LogP contribution in [0.25, 0.3) is 0 Å². The van der Waals surface area contributed by atoms with Gasteiger partial charge in [-0.25, -0.2) is 67.3 Å². The summed E-state index contributed by atoms with van der Waals surface area (Å²) in [5.41, 5.74) is 0. The zero-order chi connectivity index (χ0) is 76.5. The minimum absolute atomic E-state index is 0.687. The van der Waals surface area contributed by atoms with Crippen LogP contribution in [-0.2, 0) is 100 Å². The highest BCUT2D eigenvalue weighted by molar-refractivity contribution is 8.04. The van der Waals surface area contributed by atoms with Crippen LogP contribution in [0, 0.1) is 0 Å². The van der Waals surface area contributed by atoms with Crippen molar-refractivity contribution in [2.24, 2.45) is 0 Å². The van der Waals surface area contributed by atoms with E-state index in [1.165, 1.54) is 0 Å². The van der Waals surface area contributed by atoms with E-state index in [0.29, 0.717) is 0 Å². The molecule has 4 atom stereocenters. The summed E-state index contributed by atoms with van der Waals surface area (Å²) >= 11 is -3.52. The normalized spacial score (nSPS) is 17.1. The summed E-state index contributed by atoms with van der Waals surface area (Å²) in [5.74, 6) is -39.3. The van der Waals surface area contributed by atoms with Gasteiger partial charge in [-0.15, -0.1) is 35.9 Å². The summed E-state index contributed by atoms with van der Waals surface area (Å²) in [6, 6.07) is 0. The summed E-state index contributed by atoms with van der Waals surface area (Å²) in [6.07, 6.45) is -20.1. The Labute approximate surface area is 572 Å². The largest absolute Gasteiger partial charge is 0.358 e. The van der Waals surface area contributed by atoms with E-state index in [1.807, 2.05) is 0 Å². The lowest BCUT2D eigenvalue weighted by Crippen LogP contribution is -2.92. The van der Waals surface area contributed by atoms with Crippen LogP contribution in [-0.4, -0.2) is 222 Å². The number of unbranched alkanes of at least 4 members (excludes halogenated alkanes) is 10. The molecule has 0 bridgehead atoms. The van der Waals surface area contributed by atoms with Crippen LogP contribution in [0.15, 0.2) is 0 Å². The third-order valence-electron chi connectivity index (χ3n) is 14.7. The first kappa shape index (κ1) is 95.8. The standard InChI is InChI=1S/C46H96F10N10O20S11/c1-13-23-33-88(67,68)57(47)43(58(48)89(69,70)34-24-14-2,59(49)90(71,72)35-25-15-3)45(63(53)94(79,80)39-29-19-7,65(11,55)96(83,84)41-31-21-9)87-46(64(54)95(81,82)40-30-20-8,66(12,56)97(85,86)42-32-22-10)44(60(50)91(73,74)36-26-16-4,61(51)92(75,76)37-27-17-5)62(52)93(77,78)38-28-18-6/h13-42H2,1-12H3/q+2. The molecule has 30 nitrogen and oxygen atoms in total. The smallest absolute Gasteiger partial charge is 0.210 e. The van der Waals surface area contributed by atoms with Gasteiger partial charge in [-0.05, 0) is 64.2 Å². The Kier molecular flexibility index (Phi) is 36.7. The van der Waals surface area contributed by atoms with Gasteiger partial charge in [0.1, 0.15) is 25.6 Å². The maximum Gasteiger partial charge on any atom is 0.358 e. The number of halogens is 10. The van der Waals surface area contributed by atoms with Crippen molar-refractivity contribution in [3.8, 4) is 0 Å². The van der Waals surface area contributed by atoms with E-state index in [1.54, 1.807) is 0 Å². The van der Waals surface area contributed by atoms with Crippen molar-refractivity contribution >= 4 is 112 Å². The third kappa shape index (κ3) is 19.4. The lowest BCUT2D eigenvalue weighted by molar-refractivity contribution is -0.995. The molecule has 0 fully saturated rings. The van der Waals surface area contributed by atoms with Gasteiger partial charge in [-0.2, -0.15) is 16.8 Å². The van der Waals surface area contributed by atoms with Crippen molar-refractivity contribution in [3.63, 3.8) is 0 Å². The number of nitrogens with zero attached hydrogens (tertiary/aromatic N) is 10. The summed E-state index contributed by atoms with van der Waals surface area (Å²) in [6.45, 7) is 9.65. The number of quaternary nitrogens is 2. The van der Waals surface area contributed by atoms with Gasteiger partial charge in [0.2, 0.25) is 80.2 Å². The SMILES string of the molecule is CCCCS(=O)(=O)N(F)C(N(F)S(=O)(=O)CCCC)(N(F)S(=O)(=O)CCCC)C(SC(N(F)S(=O)(=O)CCCC)(C(N(F)S(=O)(=O)CCCC)(N(F)S(=O)(=O)CCCC)N(F)S(=O)(=O)CCCC)[N+](C)(F)S(=O)(=O)CCCC)(N(F)S(=O)(=O)CCCC)[N+](C)(F)S(=O)(=O)CCCC. The van der Waals surface area contributed by atoms with E-state index in [-0.39, 0.29) is 0 Å². The number of sulfonamides is 10. The Balaban J connectivity index is 14.3. The van der Waals surface area contributed by atoms with Crippen molar-refractivity contribution in [2.45, 2.75) is 219 Å². The molecule has 0 radical (unpaired) electrons. The average Bonchev–Trinajstić information content (AvgIpc) is 0.647. The van der Waals surface area contributed by atoms with Gasteiger partial charge in [0, 0.05) is 65.2 Å². The molecular weight excluding hydrogens is 1560 g/mol. The van der Waals surface area contributed by atoms with Crippen molar-refractivity contribution in [2.75, 3.05) is 71.6 Å². The van der Waals surface area contributed by atoms with Crippen molar-refractivity contribution in [1.82, 2.24) is 36.2 Å². The number of likely N-dealkylation sites (N-methyl/N-ethyl adjacent to an activating group) is 2. The fraction of sp³-hybridized carbons (Fsp3) is 1.00. The molecule has 0 rings (SSSR count). The maximum absolute atomic E-state index is 20.9. The van der Waals surface area contributed by atoms with Gasteiger partial charge in [0.25, 0.3) is 0 Å². The summed E-state index contributed by atoms with van der Waals surface area (Å²) in [5, 5.41) is 0. The molecule has 0 N–H and O–H groups in total. The van der Waals surface area contributed by atoms with Crippen molar-refractivity contribution in [1.29, 1.82) is 0 Å². The highest BCUT2D eigenvalue weighted by atomic mass is 32.2. The van der Waals surface area contributed by atoms with Crippen molar-refractivity contribution < 1.29 is 137 Å². The Morgan fingerprint density at radius 3 is 0.505 bits per heavy atom. The van der Waals surface area contributed by atoms with Gasteiger partial charge in [0.15, 0.2) is 0 Å². The van der Waals surface area contributed by atoms with Crippen LogP contribution in [0.1, 0.15) is 198 Å². The summed E-state index contributed by atoms with van der Waals surface area (Å²) < 4.78 is 471. The Hall–Kier alpha value is -1.25. The summed E-state index contributed by atoms with van der Waals surface area (Å²) in [4.78, 5) is -15.6. The van der Waals surface area contributed by atoms with Crippen LogP contribution in [0.2, 0.25) is 0 Å². The number of rotatable bonds is 54. The van der Waals surface area contributed by atoms with Gasteiger partial charge in [-0.3, -0.25) is 0 Å². The number of thioether (sulfide) groups is 1. The zero-order valence-electron chi connectivity index (χ0n) is 56.1. The highest BCUT2D eigenvalue weighted by Crippen LogP contribution is 2.68. The van der Waals surface area contributed by atoms with Crippen LogP contribution >= 0.6 is 11.8 Å². The Morgan fingerprint density at radius 2 is 0.371 bits per heavy atom. The first-order valence-electron chi connectivity index (χ1n) is 30.8. The number of hydrogen-bond acceptors (Lipinski definition) is 21. The average molecular weight is 1650 g/mol. The molecule has 0 amide bonds. The second kappa shape index (κ2) is 37.1. The lowest BCUT2D eigenvalue weighted by atomic mass is 10.2. The predicted molar refractivity (Wildman–Crippen MR) is 344 cm³/mol. The molecule has 0 saturated carbocycles. The van der Waals surface area contributed by atoms with E-state index >= 15 is 129 Å². The van der Waals surface area contributed by atoms with Crippen LogP contribution < -0.4 is 0 Å². The lowest BCUT2D eigenvalue weighted by Gasteiger charge is -2.59. The van der Waals surface area contributed by atoms with Gasteiger partial charge < -0.3 is 0 Å². The molecular formula is C46H96F10N10O20S11+2. The Bertz CT molecular complexity index is 3280. The minimum Gasteiger partial charge on any atom is -0.210 e. The van der Waals surface area contributed by atoms with Crippen molar-refractivity contribution in [3.05, 3.63) is 0 Å². The summed E-state index contributed by atoms with van der Waals surface area (Å²) in [7, 11) is -78.0. The van der Waals surface area contributed by atoms with Crippen LogP contribution in [0.5, 0.6) is 0 Å². The third-order valence-corrected chi connectivity index (χ3v) is 34.0. The van der Waals surface area contributed by atoms with Gasteiger partial charge >= 0.3 is 41.6 Å². The Morgan fingerprint density at radius 1 is 0.247 bits per heavy atom. The van der Waals surface area contributed by atoms with Crippen LogP contribution in [0.4, 0.5) is 44.8 Å². The topological polar surface area (TPSA) is 367 Å². The molecule has 584 valence electrons. The molecule has 0 aliphatic carbocycles. The monoisotopic (exact) mass is 1650 g/mol. The molecule has 0 aliphatic heterocycles. The maximum atomic E-state index is 20.9. The first-order chi connectivity index (χ1) is 44.1. The second-order valence-electron chi connectivity index (χ2n) is 22.6. The molecule has 0 aromatic rings. The predicted octanol–water partition coefficient (Wildman–Crippen LogP) is 7.79. The highest BCUT2D eigenvalue weighted by Gasteiger charge is 2.98. The molecule has 4 unspecified atom stereocenters. The quantitative estimate of drug-likeness (QED) is 0.0318. The molecule has 0 aromatic carbocycles. The molecule has 0 heterocycles. The fourth-order valence-electron chi connectivity index (χ4n) is 8.85. The fourth-order valence-corrected chi connectivity index (χ4v) is 27.9. The molecule has 0 saturated heterocycles. The molecule has 0 aromatic heterocycles. The van der Waals surface area contributed by atoms with Gasteiger partial charge in [-0.1, -0.05) is 133 Å². The van der Waals surface area contributed by atoms with E-state index in [4.69, 9.17) is 0 Å².